The van der Waals surface area contributed by atoms with Gasteiger partial charge in [-0.1, -0.05) is 12.1 Å². The van der Waals surface area contributed by atoms with Gasteiger partial charge < -0.3 is 18.9 Å². The van der Waals surface area contributed by atoms with Gasteiger partial charge >= 0.3 is 5.97 Å². The highest BCUT2D eigenvalue weighted by Crippen LogP contribution is 2.24. The summed E-state index contributed by atoms with van der Waals surface area (Å²) in [5, 5.41) is 0. The number of nitrogens with zero attached hydrogens (tertiary/aromatic N) is 2. The van der Waals surface area contributed by atoms with E-state index in [1.165, 1.54) is 24.1 Å². The molecule has 8 heteroatoms. The number of methoxy groups -OCH3 is 1. The van der Waals surface area contributed by atoms with Crippen LogP contribution in [0.15, 0.2) is 48.5 Å². The molecule has 0 saturated carbocycles. The quantitative estimate of drug-likeness (QED) is 0.333. The Labute approximate surface area is 204 Å². The molecule has 0 aliphatic carbocycles. The summed E-state index contributed by atoms with van der Waals surface area (Å²) in [5.74, 6) is -0.964. The van der Waals surface area contributed by atoms with E-state index in [2.05, 4.69) is 0 Å². The van der Waals surface area contributed by atoms with Crippen LogP contribution in [-0.4, -0.2) is 47.4 Å². The lowest BCUT2D eigenvalue weighted by Gasteiger charge is -2.23. The first-order valence-corrected chi connectivity index (χ1v) is 11.2. The first-order valence-electron chi connectivity index (χ1n) is 11.2. The normalized spacial score (nSPS) is 10.7. The fourth-order valence-corrected chi connectivity index (χ4v) is 4.06. The van der Waals surface area contributed by atoms with Gasteiger partial charge in [-0.2, -0.15) is 0 Å². The Hall–Kier alpha value is -3.94. The van der Waals surface area contributed by atoms with Gasteiger partial charge in [0.25, 0.3) is 5.91 Å². The van der Waals surface area contributed by atoms with E-state index in [4.69, 9.17) is 9.47 Å². The number of esters is 1. The fourth-order valence-electron chi connectivity index (χ4n) is 4.06. The van der Waals surface area contributed by atoms with E-state index in [1.807, 2.05) is 0 Å². The number of hydrogen-bond acceptors (Lipinski definition) is 5. The second kappa shape index (κ2) is 11.0. The van der Waals surface area contributed by atoms with Crippen molar-refractivity contribution in [2.75, 3.05) is 20.3 Å². The third-order valence-corrected chi connectivity index (χ3v) is 5.92. The molecule has 3 rings (SSSR count). The third-order valence-electron chi connectivity index (χ3n) is 5.92. The molecule has 0 unspecified atom stereocenters. The number of halogens is 1. The molecule has 0 spiro atoms. The van der Waals surface area contributed by atoms with Crippen LogP contribution in [-0.2, 0) is 18.3 Å². The molecule has 0 fully saturated rings. The van der Waals surface area contributed by atoms with Crippen molar-refractivity contribution in [1.82, 2.24) is 9.47 Å². The number of benzene rings is 2. The molecule has 2 aromatic carbocycles. The van der Waals surface area contributed by atoms with Gasteiger partial charge in [0.05, 0.1) is 20.3 Å². The Kier molecular flexibility index (Phi) is 8.06. The Morgan fingerprint density at radius 2 is 1.63 bits per heavy atom. The average Bonchev–Trinajstić information content (AvgIpc) is 3.07. The number of hydrogen-bond donors (Lipinski definition) is 0. The molecule has 0 atom stereocenters. The predicted octanol–water partition coefficient (Wildman–Crippen LogP) is 4.49. The second-order valence-corrected chi connectivity index (χ2v) is 8.15. The summed E-state index contributed by atoms with van der Waals surface area (Å²) in [6, 6.07) is 12.4. The van der Waals surface area contributed by atoms with Crippen LogP contribution in [0.5, 0.6) is 5.75 Å². The first kappa shape index (κ1) is 25.7. The van der Waals surface area contributed by atoms with Crippen LogP contribution in [0.3, 0.4) is 0 Å². The number of rotatable bonds is 9. The van der Waals surface area contributed by atoms with Crippen LogP contribution in [0.1, 0.15) is 54.9 Å². The number of ether oxygens (including phenoxy) is 2. The molecule has 1 aromatic heterocycles. The Balaban J connectivity index is 1.95. The minimum Gasteiger partial charge on any atom is -0.497 e. The zero-order chi connectivity index (χ0) is 25.7. The van der Waals surface area contributed by atoms with E-state index in [0.29, 0.717) is 39.4 Å². The Morgan fingerprint density at radius 3 is 2.20 bits per heavy atom. The first-order chi connectivity index (χ1) is 16.7. The van der Waals surface area contributed by atoms with Crippen molar-refractivity contribution in [2.45, 2.75) is 27.3 Å². The molecule has 0 aliphatic rings. The molecule has 35 heavy (non-hydrogen) atoms. The van der Waals surface area contributed by atoms with Gasteiger partial charge in [-0.15, -0.1) is 0 Å². The zero-order valence-corrected chi connectivity index (χ0v) is 20.6. The maximum atomic E-state index is 13.5. The van der Waals surface area contributed by atoms with Crippen molar-refractivity contribution in [3.05, 3.63) is 88.0 Å². The monoisotopic (exact) mass is 480 g/mol. The van der Waals surface area contributed by atoms with E-state index in [9.17, 15) is 18.8 Å². The van der Waals surface area contributed by atoms with Gasteiger partial charge in [-0.05, 0) is 68.3 Å². The number of carbonyl (C=O) groups excluding carboxylic acids is 3. The van der Waals surface area contributed by atoms with Gasteiger partial charge in [-0.3, -0.25) is 9.59 Å². The van der Waals surface area contributed by atoms with Crippen molar-refractivity contribution in [3.63, 3.8) is 0 Å². The summed E-state index contributed by atoms with van der Waals surface area (Å²) < 4.78 is 25.4. The van der Waals surface area contributed by atoms with E-state index in [-0.39, 0.29) is 37.2 Å². The molecule has 0 radical (unpaired) electrons. The maximum Gasteiger partial charge on any atom is 0.355 e. The molecule has 0 N–H and O–H groups in total. The molecular weight excluding hydrogens is 451 g/mol. The molecule has 1 heterocycles. The maximum absolute atomic E-state index is 13.5. The number of amides is 1. The lowest BCUT2D eigenvalue weighted by Crippen LogP contribution is -2.35. The molecule has 0 saturated heterocycles. The van der Waals surface area contributed by atoms with Crippen LogP contribution < -0.4 is 4.74 Å². The summed E-state index contributed by atoms with van der Waals surface area (Å²) in [4.78, 5) is 40.7. The molecular formula is C27H29FN2O5. The van der Waals surface area contributed by atoms with E-state index in [0.717, 1.165) is 0 Å². The van der Waals surface area contributed by atoms with Crippen LogP contribution in [0.25, 0.3) is 0 Å². The predicted molar refractivity (Wildman–Crippen MR) is 129 cm³/mol. The molecule has 7 nitrogen and oxygen atoms in total. The Bertz CT molecular complexity index is 1230. The van der Waals surface area contributed by atoms with E-state index >= 15 is 0 Å². The van der Waals surface area contributed by atoms with Gasteiger partial charge in [0.1, 0.15) is 17.3 Å². The standard InChI is InChI=1S/C27H29FN2O5/c1-6-35-27(33)25-17(2)24(18(3)29(25)4)23(31)16-30(15-19-7-11-21(28)12-8-19)26(32)20-9-13-22(34-5)14-10-20/h7-14H,6,15-16H2,1-5H3. The molecule has 184 valence electrons. The van der Waals surface area contributed by atoms with Gasteiger partial charge in [0.2, 0.25) is 0 Å². The van der Waals surface area contributed by atoms with Crippen molar-refractivity contribution < 1.29 is 28.2 Å². The van der Waals surface area contributed by atoms with Crippen molar-refractivity contribution in [1.29, 1.82) is 0 Å². The van der Waals surface area contributed by atoms with E-state index < -0.39 is 5.97 Å². The third kappa shape index (κ3) is 5.59. The van der Waals surface area contributed by atoms with Crippen molar-refractivity contribution in [3.8, 4) is 5.75 Å². The van der Waals surface area contributed by atoms with Gasteiger partial charge in [-0.25, -0.2) is 9.18 Å². The number of aromatic nitrogens is 1. The highest BCUT2D eigenvalue weighted by atomic mass is 19.1. The van der Waals surface area contributed by atoms with Gasteiger partial charge in [0, 0.05) is 30.4 Å². The summed E-state index contributed by atoms with van der Waals surface area (Å²) in [6.07, 6.45) is 0. The summed E-state index contributed by atoms with van der Waals surface area (Å²) >= 11 is 0. The van der Waals surface area contributed by atoms with Crippen LogP contribution in [0.4, 0.5) is 4.39 Å². The van der Waals surface area contributed by atoms with Crippen LogP contribution in [0, 0.1) is 19.7 Å². The van der Waals surface area contributed by atoms with Gasteiger partial charge in [0.15, 0.2) is 5.78 Å². The largest absolute Gasteiger partial charge is 0.497 e. The lowest BCUT2D eigenvalue weighted by molar-refractivity contribution is 0.0514. The van der Waals surface area contributed by atoms with Crippen molar-refractivity contribution in [2.24, 2.45) is 7.05 Å². The highest BCUT2D eigenvalue weighted by Gasteiger charge is 2.28. The summed E-state index contributed by atoms with van der Waals surface area (Å²) in [7, 11) is 3.23. The van der Waals surface area contributed by atoms with Crippen molar-refractivity contribution >= 4 is 17.7 Å². The summed E-state index contributed by atoms with van der Waals surface area (Å²) in [5.41, 5.74) is 2.85. The zero-order valence-electron chi connectivity index (χ0n) is 20.6. The fraction of sp³-hybridized carbons (Fsp3) is 0.296. The lowest BCUT2D eigenvalue weighted by atomic mass is 10.0. The van der Waals surface area contributed by atoms with Crippen LogP contribution >= 0.6 is 0 Å². The number of carbonyl (C=O) groups is 3. The minimum absolute atomic E-state index is 0.104. The minimum atomic E-state index is -0.507. The molecule has 0 aliphatic heterocycles. The van der Waals surface area contributed by atoms with E-state index in [1.54, 1.807) is 68.8 Å². The van der Waals surface area contributed by atoms with Crippen LogP contribution in [0.2, 0.25) is 0 Å². The average molecular weight is 481 g/mol. The number of Topliss-reactive ketones (excluding diaryl/α,β-unsaturated/α-hetero) is 1. The number of ketones is 1. The molecule has 3 aromatic rings. The smallest absolute Gasteiger partial charge is 0.355 e. The Morgan fingerprint density at radius 1 is 1.00 bits per heavy atom. The molecule has 0 bridgehead atoms. The SMILES string of the molecule is CCOC(=O)c1c(C)c(C(=O)CN(Cc2ccc(F)cc2)C(=O)c2ccc(OC)cc2)c(C)n1C. The summed E-state index contributed by atoms with van der Waals surface area (Å²) in [6.45, 7) is 5.25. The topological polar surface area (TPSA) is 77.8 Å². The highest BCUT2D eigenvalue weighted by molar-refractivity contribution is 6.06. The molecule has 1 amide bonds. The second-order valence-electron chi connectivity index (χ2n) is 8.15.